The van der Waals surface area contributed by atoms with Crippen LogP contribution < -0.4 is 10.1 Å². The summed E-state index contributed by atoms with van der Waals surface area (Å²) in [6.07, 6.45) is 3.02. The molecule has 3 aromatic rings. The second kappa shape index (κ2) is 8.67. The summed E-state index contributed by atoms with van der Waals surface area (Å²) < 4.78 is 5.81. The third-order valence-corrected chi connectivity index (χ3v) is 6.49. The minimum Gasteiger partial charge on any atom is -0.483 e. The zero-order valence-electron chi connectivity index (χ0n) is 17.5. The van der Waals surface area contributed by atoms with Crippen LogP contribution in [0.2, 0.25) is 5.02 Å². The fourth-order valence-electron chi connectivity index (χ4n) is 4.60. The lowest BCUT2D eigenvalue weighted by Crippen LogP contribution is -2.37. The average Bonchev–Trinajstić information content (AvgIpc) is 2.97. The van der Waals surface area contributed by atoms with Crippen molar-refractivity contribution in [3.8, 4) is 5.75 Å². The molecule has 1 heterocycles. The lowest BCUT2D eigenvalue weighted by molar-refractivity contribution is -0.136. The van der Waals surface area contributed by atoms with Crippen molar-refractivity contribution in [3.05, 3.63) is 94.0 Å². The molecule has 0 saturated heterocycles. The molecule has 0 aromatic heterocycles. The molecule has 0 unspecified atom stereocenters. The van der Waals surface area contributed by atoms with Crippen molar-refractivity contribution in [3.63, 3.8) is 0 Å². The molecule has 0 radical (unpaired) electrons. The first kappa shape index (κ1) is 20.6. The van der Waals surface area contributed by atoms with Gasteiger partial charge in [-0.05, 0) is 60.7 Å². The highest BCUT2D eigenvalue weighted by Crippen LogP contribution is 2.37. The van der Waals surface area contributed by atoms with Gasteiger partial charge < -0.3 is 15.0 Å². The van der Waals surface area contributed by atoms with E-state index < -0.39 is 0 Å². The van der Waals surface area contributed by atoms with Gasteiger partial charge in [0, 0.05) is 11.3 Å². The largest absolute Gasteiger partial charge is 0.483 e. The normalized spacial score (nSPS) is 17.6. The average molecular weight is 447 g/mol. The summed E-state index contributed by atoms with van der Waals surface area (Å²) in [4.78, 5) is 27.6. The standard InChI is InChI=1S/C26H23ClN2O3/c27-22-10-4-3-9-21(22)26(31)28-19-12-13-24-18(14-19)15-29(25(30)16-32-24)23-11-5-7-17-6-1-2-8-20(17)23/h1-4,6,8-10,12-14,23H,5,7,11,15-16H2,(H,28,31)/t23-/m1/s1. The molecule has 0 saturated carbocycles. The monoisotopic (exact) mass is 446 g/mol. The summed E-state index contributed by atoms with van der Waals surface area (Å²) in [6, 6.07) is 20.8. The molecule has 1 N–H and O–H groups in total. The minimum absolute atomic E-state index is 0.0109. The van der Waals surface area contributed by atoms with E-state index in [2.05, 4.69) is 23.5 Å². The van der Waals surface area contributed by atoms with Gasteiger partial charge in [0.2, 0.25) is 0 Å². The van der Waals surface area contributed by atoms with Crippen LogP contribution in [0.4, 0.5) is 5.69 Å². The third-order valence-electron chi connectivity index (χ3n) is 6.16. The Hall–Kier alpha value is -3.31. The molecule has 5 nitrogen and oxygen atoms in total. The number of ether oxygens (including phenoxy) is 1. The molecule has 6 heteroatoms. The Bertz CT molecular complexity index is 1190. The smallest absolute Gasteiger partial charge is 0.261 e. The zero-order chi connectivity index (χ0) is 22.1. The van der Waals surface area contributed by atoms with E-state index in [1.54, 1.807) is 30.3 Å². The first-order chi connectivity index (χ1) is 15.6. The Balaban J connectivity index is 1.42. The van der Waals surface area contributed by atoms with Gasteiger partial charge in [-0.15, -0.1) is 0 Å². The maximum Gasteiger partial charge on any atom is 0.261 e. The lowest BCUT2D eigenvalue weighted by atomic mass is 9.86. The Morgan fingerprint density at radius 1 is 1.03 bits per heavy atom. The molecular weight excluding hydrogens is 424 g/mol. The van der Waals surface area contributed by atoms with E-state index in [0.29, 0.717) is 28.6 Å². The van der Waals surface area contributed by atoms with E-state index in [4.69, 9.17) is 16.3 Å². The van der Waals surface area contributed by atoms with Crippen molar-refractivity contribution < 1.29 is 14.3 Å². The molecule has 0 bridgehead atoms. The van der Waals surface area contributed by atoms with Crippen LogP contribution in [0, 0.1) is 0 Å². The van der Waals surface area contributed by atoms with Crippen LogP contribution in [0.15, 0.2) is 66.7 Å². The van der Waals surface area contributed by atoms with E-state index in [-0.39, 0.29) is 24.5 Å². The summed E-state index contributed by atoms with van der Waals surface area (Å²) in [6.45, 7) is 0.444. The molecule has 2 aliphatic rings. The van der Waals surface area contributed by atoms with Crippen LogP contribution in [0.1, 0.15) is 45.9 Å². The summed E-state index contributed by atoms with van der Waals surface area (Å²) in [5.41, 5.74) is 4.45. The number of nitrogens with zero attached hydrogens (tertiary/aromatic N) is 1. The number of aryl methyl sites for hydroxylation is 1. The van der Waals surface area contributed by atoms with Crippen molar-refractivity contribution in [2.45, 2.75) is 31.8 Å². The van der Waals surface area contributed by atoms with Crippen molar-refractivity contribution in [1.29, 1.82) is 0 Å². The first-order valence-corrected chi connectivity index (χ1v) is 11.2. The Morgan fingerprint density at radius 3 is 2.72 bits per heavy atom. The topological polar surface area (TPSA) is 58.6 Å². The lowest BCUT2D eigenvalue weighted by Gasteiger charge is -2.35. The van der Waals surface area contributed by atoms with Crippen LogP contribution in [0.3, 0.4) is 0 Å². The quantitative estimate of drug-likeness (QED) is 0.586. The molecule has 0 spiro atoms. The zero-order valence-corrected chi connectivity index (χ0v) is 18.3. The van der Waals surface area contributed by atoms with E-state index in [0.717, 1.165) is 24.8 Å². The Morgan fingerprint density at radius 2 is 1.84 bits per heavy atom. The number of fused-ring (bicyclic) bond motifs is 2. The highest BCUT2D eigenvalue weighted by molar-refractivity contribution is 6.34. The predicted molar refractivity (Wildman–Crippen MR) is 124 cm³/mol. The van der Waals surface area contributed by atoms with Crippen molar-refractivity contribution in [1.82, 2.24) is 4.90 Å². The van der Waals surface area contributed by atoms with Crippen molar-refractivity contribution >= 4 is 29.1 Å². The molecule has 1 atom stereocenters. The molecule has 162 valence electrons. The number of anilines is 1. The number of rotatable bonds is 3. The molecule has 0 fully saturated rings. The van der Waals surface area contributed by atoms with Crippen LogP contribution in [0.5, 0.6) is 5.75 Å². The summed E-state index contributed by atoms with van der Waals surface area (Å²) in [5, 5.41) is 3.31. The van der Waals surface area contributed by atoms with Gasteiger partial charge in [-0.2, -0.15) is 0 Å². The molecule has 2 amide bonds. The fraction of sp³-hybridized carbons (Fsp3) is 0.231. The van der Waals surface area contributed by atoms with Gasteiger partial charge in [-0.1, -0.05) is 48.0 Å². The maximum atomic E-state index is 13.0. The molecule has 32 heavy (non-hydrogen) atoms. The SMILES string of the molecule is O=C(Nc1ccc2c(c1)CN([C@@H]1CCCc3ccccc31)C(=O)CO2)c1ccccc1Cl. The molecule has 1 aliphatic heterocycles. The number of nitrogens with one attached hydrogen (secondary N) is 1. The van der Waals surface area contributed by atoms with Gasteiger partial charge in [0.1, 0.15) is 5.75 Å². The van der Waals surface area contributed by atoms with Gasteiger partial charge in [0.05, 0.1) is 23.2 Å². The number of hydrogen-bond acceptors (Lipinski definition) is 3. The van der Waals surface area contributed by atoms with Crippen molar-refractivity contribution in [2.75, 3.05) is 11.9 Å². The highest BCUT2D eigenvalue weighted by atomic mass is 35.5. The van der Waals surface area contributed by atoms with Crippen LogP contribution >= 0.6 is 11.6 Å². The third kappa shape index (κ3) is 3.96. The van der Waals surface area contributed by atoms with E-state index in [1.165, 1.54) is 11.1 Å². The van der Waals surface area contributed by atoms with Gasteiger partial charge in [-0.3, -0.25) is 9.59 Å². The maximum absolute atomic E-state index is 13.0. The van der Waals surface area contributed by atoms with Gasteiger partial charge in [-0.25, -0.2) is 0 Å². The number of carbonyl (C=O) groups is 2. The number of amides is 2. The van der Waals surface area contributed by atoms with Crippen LogP contribution in [-0.4, -0.2) is 23.3 Å². The highest BCUT2D eigenvalue weighted by Gasteiger charge is 2.32. The molecule has 3 aromatic carbocycles. The van der Waals surface area contributed by atoms with Gasteiger partial charge in [0.25, 0.3) is 11.8 Å². The molecule has 5 rings (SSSR count). The van der Waals surface area contributed by atoms with E-state index in [1.807, 2.05) is 23.1 Å². The second-order valence-corrected chi connectivity index (χ2v) is 8.58. The fourth-order valence-corrected chi connectivity index (χ4v) is 4.82. The number of halogens is 1. The van der Waals surface area contributed by atoms with Crippen molar-refractivity contribution in [2.24, 2.45) is 0 Å². The van der Waals surface area contributed by atoms with E-state index in [9.17, 15) is 9.59 Å². The van der Waals surface area contributed by atoms with E-state index >= 15 is 0 Å². The molecule has 1 aliphatic carbocycles. The Kier molecular flexibility index (Phi) is 5.58. The number of carbonyl (C=O) groups excluding carboxylic acids is 2. The number of benzene rings is 3. The minimum atomic E-state index is -0.278. The number of hydrogen-bond donors (Lipinski definition) is 1. The van der Waals surface area contributed by atoms with Gasteiger partial charge >= 0.3 is 0 Å². The first-order valence-electron chi connectivity index (χ1n) is 10.8. The van der Waals surface area contributed by atoms with Crippen LogP contribution in [-0.2, 0) is 17.8 Å². The summed E-state index contributed by atoms with van der Waals surface area (Å²) in [5.74, 6) is 0.365. The summed E-state index contributed by atoms with van der Waals surface area (Å²) in [7, 11) is 0. The van der Waals surface area contributed by atoms with Gasteiger partial charge in [0.15, 0.2) is 6.61 Å². The van der Waals surface area contributed by atoms with Crippen LogP contribution in [0.25, 0.3) is 0 Å². The second-order valence-electron chi connectivity index (χ2n) is 8.17. The predicted octanol–water partition coefficient (Wildman–Crippen LogP) is 5.39. The molecular formula is C26H23ClN2O3. The summed E-state index contributed by atoms with van der Waals surface area (Å²) >= 11 is 6.16. The Labute approximate surface area is 192 Å².